The van der Waals surface area contributed by atoms with Crippen LogP contribution in [0.25, 0.3) is 0 Å². The fourth-order valence-electron chi connectivity index (χ4n) is 1.94. The molecule has 1 atom stereocenters. The third-order valence-corrected chi connectivity index (χ3v) is 2.97. The summed E-state index contributed by atoms with van der Waals surface area (Å²) >= 11 is 0. The van der Waals surface area contributed by atoms with Gasteiger partial charge in [-0.1, -0.05) is 38.7 Å². The van der Waals surface area contributed by atoms with Crippen LogP contribution in [-0.4, -0.2) is 28.3 Å². The Hall–Kier alpha value is -1.78. The Morgan fingerprint density at radius 3 is 2.53 bits per heavy atom. The maximum Gasteiger partial charge on any atom is 0.371 e. The maximum absolute atomic E-state index is 11.0. The molecule has 0 radical (unpaired) electrons. The molecule has 0 bridgehead atoms. The number of hydrogen-bond donors (Lipinski definition) is 2. The third-order valence-electron chi connectivity index (χ3n) is 2.97. The summed E-state index contributed by atoms with van der Waals surface area (Å²) < 4.78 is 4.89. The highest BCUT2D eigenvalue weighted by Gasteiger charge is 2.32. The molecule has 0 saturated carbocycles. The van der Waals surface area contributed by atoms with Crippen molar-refractivity contribution in [1.82, 2.24) is 0 Å². The summed E-state index contributed by atoms with van der Waals surface area (Å²) in [5.74, 6) is -2.70. The van der Waals surface area contributed by atoms with Gasteiger partial charge in [0.25, 0.3) is 0 Å². The van der Waals surface area contributed by atoms with Crippen LogP contribution in [0.15, 0.2) is 23.5 Å². The van der Waals surface area contributed by atoms with Gasteiger partial charge in [0.15, 0.2) is 0 Å². The average Bonchev–Trinajstić information content (AvgIpc) is 2.78. The molecule has 5 heteroatoms. The van der Waals surface area contributed by atoms with Crippen LogP contribution >= 0.6 is 0 Å². The molecule has 0 fully saturated rings. The van der Waals surface area contributed by atoms with Gasteiger partial charge in [-0.15, -0.1) is 0 Å². The van der Waals surface area contributed by atoms with Gasteiger partial charge >= 0.3 is 11.9 Å². The first-order chi connectivity index (χ1) is 9.06. The first-order valence-corrected chi connectivity index (χ1v) is 6.60. The average molecular weight is 268 g/mol. The molecule has 0 amide bonds. The minimum absolute atomic E-state index is 0.301. The van der Waals surface area contributed by atoms with E-state index in [2.05, 4.69) is 6.92 Å². The lowest BCUT2D eigenvalue weighted by molar-refractivity contribution is -0.147. The number of carboxylic acids is 2. The highest BCUT2D eigenvalue weighted by Crippen LogP contribution is 2.24. The lowest BCUT2D eigenvalue weighted by atomic mass is 10.1. The Morgan fingerprint density at radius 1 is 1.26 bits per heavy atom. The van der Waals surface area contributed by atoms with E-state index in [-0.39, 0.29) is 5.76 Å². The number of aliphatic carboxylic acids is 2. The topological polar surface area (TPSA) is 83.8 Å². The van der Waals surface area contributed by atoms with Crippen LogP contribution in [0.2, 0.25) is 0 Å². The summed E-state index contributed by atoms with van der Waals surface area (Å²) in [5, 5.41) is 17.7. The Balaban J connectivity index is 2.52. The summed E-state index contributed by atoms with van der Waals surface area (Å²) in [6.07, 6.45) is 8.28. The van der Waals surface area contributed by atoms with Gasteiger partial charge < -0.3 is 14.9 Å². The van der Waals surface area contributed by atoms with Crippen molar-refractivity contribution < 1.29 is 24.5 Å². The molecule has 2 N–H and O–H groups in total. The zero-order valence-electron chi connectivity index (χ0n) is 11.1. The van der Waals surface area contributed by atoms with Crippen molar-refractivity contribution in [2.24, 2.45) is 0 Å². The molecule has 0 saturated heterocycles. The van der Waals surface area contributed by atoms with Crippen molar-refractivity contribution in [2.45, 2.75) is 51.6 Å². The van der Waals surface area contributed by atoms with Crippen molar-refractivity contribution in [1.29, 1.82) is 0 Å². The highest BCUT2D eigenvalue weighted by atomic mass is 16.5. The smallest absolute Gasteiger partial charge is 0.371 e. The molecule has 1 rings (SSSR count). The predicted molar refractivity (Wildman–Crippen MR) is 69.7 cm³/mol. The molecule has 1 heterocycles. The van der Waals surface area contributed by atoms with Gasteiger partial charge in [0.2, 0.25) is 11.9 Å². The second kappa shape index (κ2) is 7.61. The van der Waals surface area contributed by atoms with Crippen molar-refractivity contribution in [3.05, 3.63) is 23.5 Å². The molecule has 19 heavy (non-hydrogen) atoms. The number of ether oxygens (including phenoxy) is 1. The lowest BCUT2D eigenvalue weighted by Crippen LogP contribution is -2.22. The molecule has 1 unspecified atom stereocenters. The van der Waals surface area contributed by atoms with E-state index in [0.29, 0.717) is 5.57 Å². The van der Waals surface area contributed by atoms with Crippen LogP contribution in [0.1, 0.15) is 45.4 Å². The van der Waals surface area contributed by atoms with Crippen LogP contribution in [0.4, 0.5) is 0 Å². The number of carbonyl (C=O) groups is 2. The van der Waals surface area contributed by atoms with Gasteiger partial charge in [-0.25, -0.2) is 9.59 Å². The minimum Gasteiger partial charge on any atom is -0.478 e. The van der Waals surface area contributed by atoms with Crippen LogP contribution in [0.3, 0.4) is 0 Å². The Labute approximate surface area is 112 Å². The van der Waals surface area contributed by atoms with Crippen LogP contribution < -0.4 is 0 Å². The zero-order chi connectivity index (χ0) is 14.3. The molecular weight excluding hydrogens is 248 g/mol. The minimum atomic E-state index is -1.24. The Kier molecular flexibility index (Phi) is 6.12. The summed E-state index contributed by atoms with van der Waals surface area (Å²) in [5.41, 5.74) is 0.431. The van der Waals surface area contributed by atoms with Crippen LogP contribution in [-0.2, 0) is 14.3 Å². The SMILES string of the molecule is CCCCCCCC=C1C=C(C(=O)O)OC1C(=O)O. The monoisotopic (exact) mass is 268 g/mol. The summed E-state index contributed by atoms with van der Waals surface area (Å²) in [7, 11) is 0. The number of carboxylic acid groups (broad SMARTS) is 2. The summed E-state index contributed by atoms with van der Waals surface area (Å²) in [4.78, 5) is 21.7. The second-order valence-corrected chi connectivity index (χ2v) is 4.56. The van der Waals surface area contributed by atoms with Crippen LogP contribution in [0.5, 0.6) is 0 Å². The van der Waals surface area contributed by atoms with E-state index < -0.39 is 18.0 Å². The van der Waals surface area contributed by atoms with E-state index in [4.69, 9.17) is 14.9 Å². The molecule has 0 aromatic carbocycles. The molecule has 5 nitrogen and oxygen atoms in total. The molecule has 106 valence electrons. The first kappa shape index (κ1) is 15.3. The molecule has 0 aliphatic carbocycles. The van der Waals surface area contributed by atoms with E-state index in [1.54, 1.807) is 6.08 Å². The molecule has 0 spiro atoms. The number of allylic oxidation sites excluding steroid dienone is 1. The molecular formula is C14H20O5. The predicted octanol–water partition coefficient (Wildman–Crippen LogP) is 2.73. The van der Waals surface area contributed by atoms with E-state index in [1.807, 2.05) is 0 Å². The van der Waals surface area contributed by atoms with Crippen molar-refractivity contribution in [2.75, 3.05) is 0 Å². The Morgan fingerprint density at radius 2 is 1.95 bits per heavy atom. The van der Waals surface area contributed by atoms with E-state index >= 15 is 0 Å². The van der Waals surface area contributed by atoms with Gasteiger partial charge in [0, 0.05) is 5.57 Å². The Bertz CT molecular complexity index is 395. The van der Waals surface area contributed by atoms with Crippen molar-refractivity contribution in [3.63, 3.8) is 0 Å². The highest BCUT2D eigenvalue weighted by molar-refractivity contribution is 5.89. The molecule has 0 aromatic heterocycles. The number of hydrogen-bond acceptors (Lipinski definition) is 3. The van der Waals surface area contributed by atoms with Gasteiger partial charge in [-0.3, -0.25) is 0 Å². The second-order valence-electron chi connectivity index (χ2n) is 4.56. The van der Waals surface area contributed by atoms with Gasteiger partial charge in [-0.2, -0.15) is 0 Å². The number of rotatable bonds is 8. The van der Waals surface area contributed by atoms with Gasteiger partial charge in [-0.05, 0) is 18.9 Å². The lowest BCUT2D eigenvalue weighted by Gasteiger charge is -2.07. The maximum atomic E-state index is 11.0. The quantitative estimate of drug-likeness (QED) is 0.661. The fraction of sp³-hybridized carbons (Fsp3) is 0.571. The largest absolute Gasteiger partial charge is 0.478 e. The van der Waals surface area contributed by atoms with Gasteiger partial charge in [0.1, 0.15) is 0 Å². The van der Waals surface area contributed by atoms with Crippen LogP contribution in [0, 0.1) is 0 Å². The third kappa shape index (κ3) is 4.77. The van der Waals surface area contributed by atoms with Crippen molar-refractivity contribution in [3.8, 4) is 0 Å². The molecule has 0 aromatic rings. The summed E-state index contributed by atoms with van der Waals surface area (Å²) in [6.45, 7) is 2.15. The standard InChI is InChI=1S/C14H20O5/c1-2-3-4-5-6-7-8-10-9-11(13(15)16)19-12(10)14(17)18/h8-9,12H,2-7H2,1H3,(H,15,16)(H,17,18). The molecule has 1 aliphatic heterocycles. The van der Waals surface area contributed by atoms with Crippen molar-refractivity contribution >= 4 is 11.9 Å². The van der Waals surface area contributed by atoms with Gasteiger partial charge in [0.05, 0.1) is 0 Å². The normalized spacial score (nSPS) is 20.2. The van der Waals surface area contributed by atoms with E-state index in [9.17, 15) is 9.59 Å². The number of unbranched alkanes of at least 4 members (excludes halogenated alkanes) is 5. The zero-order valence-corrected chi connectivity index (χ0v) is 11.1. The van der Waals surface area contributed by atoms with E-state index in [0.717, 1.165) is 19.3 Å². The summed E-state index contributed by atoms with van der Waals surface area (Å²) in [6, 6.07) is 0. The van der Waals surface area contributed by atoms with E-state index in [1.165, 1.54) is 25.3 Å². The fourth-order valence-corrected chi connectivity index (χ4v) is 1.94. The molecule has 1 aliphatic rings. The first-order valence-electron chi connectivity index (χ1n) is 6.60.